The van der Waals surface area contributed by atoms with Crippen LogP contribution >= 0.6 is 15.9 Å². The number of nitrogens with zero attached hydrogens (tertiary/aromatic N) is 1. The van der Waals surface area contributed by atoms with Gasteiger partial charge in [-0.05, 0) is 59.8 Å². The Morgan fingerprint density at radius 3 is 2.68 bits per heavy atom. The summed E-state index contributed by atoms with van der Waals surface area (Å²) in [7, 11) is -3.84. The molecular formula is C14H15BrFNO4S. The molecule has 0 spiro atoms. The molecule has 1 aromatic rings. The van der Waals surface area contributed by atoms with Gasteiger partial charge in [-0.15, -0.1) is 0 Å². The summed E-state index contributed by atoms with van der Waals surface area (Å²) in [6.07, 6.45) is 1.58. The monoisotopic (exact) mass is 391 g/mol. The van der Waals surface area contributed by atoms with Crippen LogP contribution in [0.25, 0.3) is 0 Å². The molecule has 2 aliphatic rings. The number of aliphatic carboxylic acids is 1. The summed E-state index contributed by atoms with van der Waals surface area (Å²) >= 11 is 3.01. The topological polar surface area (TPSA) is 74.7 Å². The van der Waals surface area contributed by atoms with Gasteiger partial charge in [0.1, 0.15) is 5.82 Å². The van der Waals surface area contributed by atoms with Crippen molar-refractivity contribution in [2.75, 3.05) is 0 Å². The molecule has 0 aromatic heterocycles. The van der Waals surface area contributed by atoms with Crippen molar-refractivity contribution in [3.63, 3.8) is 0 Å². The van der Waals surface area contributed by atoms with Gasteiger partial charge in [-0.2, -0.15) is 4.31 Å². The molecule has 8 heteroatoms. The van der Waals surface area contributed by atoms with E-state index in [2.05, 4.69) is 15.9 Å². The summed E-state index contributed by atoms with van der Waals surface area (Å²) in [4.78, 5) is 11.3. The van der Waals surface area contributed by atoms with Crippen LogP contribution < -0.4 is 0 Å². The standard InChI is InChI=1S/C14H15BrFNO4S/c1-7-4-11(16)10(15)6-13(7)22(20,21)17-8-2-3-12(17)9(5-8)14(18)19/h4,6,8-9,12H,2-3,5H2,1H3,(H,18,19). The number of carboxylic acid groups (broad SMARTS) is 1. The second-order valence-corrected chi connectivity index (χ2v) is 8.51. The van der Waals surface area contributed by atoms with Crippen molar-refractivity contribution in [1.82, 2.24) is 4.31 Å². The smallest absolute Gasteiger partial charge is 0.308 e. The summed E-state index contributed by atoms with van der Waals surface area (Å²) in [5.41, 5.74) is 0.318. The highest BCUT2D eigenvalue weighted by Gasteiger charge is 2.54. The van der Waals surface area contributed by atoms with Gasteiger partial charge in [0.2, 0.25) is 10.0 Å². The molecule has 1 aromatic carbocycles. The second-order valence-electron chi connectivity index (χ2n) is 5.85. The van der Waals surface area contributed by atoms with E-state index in [1.54, 1.807) is 0 Å². The molecule has 3 rings (SSSR count). The van der Waals surface area contributed by atoms with Gasteiger partial charge in [0.05, 0.1) is 15.3 Å². The fraction of sp³-hybridized carbons (Fsp3) is 0.500. The Hall–Kier alpha value is -0.990. The molecule has 2 saturated heterocycles. The van der Waals surface area contributed by atoms with Gasteiger partial charge in [0.25, 0.3) is 0 Å². The Morgan fingerprint density at radius 1 is 1.41 bits per heavy atom. The van der Waals surface area contributed by atoms with Crippen molar-refractivity contribution in [2.24, 2.45) is 5.92 Å². The minimum absolute atomic E-state index is 0.0312. The Morgan fingerprint density at radius 2 is 2.09 bits per heavy atom. The predicted molar refractivity (Wildman–Crippen MR) is 80.4 cm³/mol. The lowest BCUT2D eigenvalue weighted by Crippen LogP contribution is -2.38. The number of fused-ring (bicyclic) bond motifs is 2. The highest BCUT2D eigenvalue weighted by atomic mass is 79.9. The molecule has 22 heavy (non-hydrogen) atoms. The number of carbonyl (C=O) groups is 1. The molecular weight excluding hydrogens is 377 g/mol. The van der Waals surface area contributed by atoms with Gasteiger partial charge in [0, 0.05) is 12.1 Å². The van der Waals surface area contributed by atoms with Crippen LogP contribution in [0.3, 0.4) is 0 Å². The van der Waals surface area contributed by atoms with Crippen molar-refractivity contribution in [1.29, 1.82) is 0 Å². The summed E-state index contributed by atoms with van der Waals surface area (Å²) in [5.74, 6) is -2.13. The molecule has 2 fully saturated rings. The normalized spacial score (nSPS) is 28.2. The van der Waals surface area contributed by atoms with Gasteiger partial charge in [-0.25, -0.2) is 12.8 Å². The lowest BCUT2D eigenvalue weighted by Gasteiger charge is -2.23. The van der Waals surface area contributed by atoms with Gasteiger partial charge < -0.3 is 5.11 Å². The van der Waals surface area contributed by atoms with Gasteiger partial charge in [-0.1, -0.05) is 0 Å². The maximum Gasteiger partial charge on any atom is 0.308 e. The summed E-state index contributed by atoms with van der Waals surface area (Å²) in [5, 5.41) is 9.25. The molecule has 120 valence electrons. The zero-order valence-corrected chi connectivity index (χ0v) is 14.2. The Bertz CT molecular complexity index is 751. The van der Waals surface area contributed by atoms with Gasteiger partial charge >= 0.3 is 5.97 Å². The van der Waals surface area contributed by atoms with Crippen LogP contribution in [-0.2, 0) is 14.8 Å². The lowest BCUT2D eigenvalue weighted by molar-refractivity contribution is -0.142. The zero-order chi connectivity index (χ0) is 16.2. The second kappa shape index (κ2) is 5.28. The molecule has 0 saturated carbocycles. The molecule has 3 atom stereocenters. The van der Waals surface area contributed by atoms with Crippen LogP contribution in [0.5, 0.6) is 0 Å². The Labute approximate surface area is 136 Å². The van der Waals surface area contributed by atoms with Gasteiger partial charge in [0.15, 0.2) is 0 Å². The van der Waals surface area contributed by atoms with Crippen LogP contribution in [-0.4, -0.2) is 35.9 Å². The van der Waals surface area contributed by atoms with E-state index < -0.39 is 33.8 Å². The fourth-order valence-corrected chi connectivity index (χ4v) is 6.25. The third kappa shape index (κ3) is 2.28. The SMILES string of the molecule is Cc1cc(F)c(Br)cc1S(=O)(=O)N1C2CCC1C(C(=O)O)C2. The molecule has 2 aliphatic heterocycles. The lowest BCUT2D eigenvalue weighted by atomic mass is 9.89. The molecule has 0 aliphatic carbocycles. The van der Waals surface area contributed by atoms with E-state index in [9.17, 15) is 22.7 Å². The van der Waals surface area contributed by atoms with Crippen LogP contribution in [0, 0.1) is 18.7 Å². The summed E-state index contributed by atoms with van der Waals surface area (Å²) in [6, 6.07) is 1.65. The number of hydrogen-bond donors (Lipinski definition) is 1. The maximum atomic E-state index is 13.5. The number of hydrogen-bond acceptors (Lipinski definition) is 3. The highest BCUT2D eigenvalue weighted by Crippen LogP contribution is 2.45. The number of carboxylic acids is 1. The van der Waals surface area contributed by atoms with E-state index in [4.69, 9.17) is 0 Å². The van der Waals surface area contributed by atoms with E-state index in [1.807, 2.05) is 0 Å². The molecule has 2 heterocycles. The first-order valence-corrected chi connectivity index (χ1v) is 9.18. The first-order chi connectivity index (χ1) is 10.2. The Kier molecular flexibility index (Phi) is 3.81. The molecule has 2 bridgehead atoms. The van der Waals surface area contributed by atoms with Crippen molar-refractivity contribution in [3.05, 3.63) is 28.0 Å². The molecule has 1 N–H and O–H groups in total. The number of benzene rings is 1. The average molecular weight is 392 g/mol. The number of halogens is 2. The average Bonchev–Trinajstić information content (AvgIpc) is 3.01. The predicted octanol–water partition coefficient (Wildman–Crippen LogP) is 2.52. The van der Waals surface area contributed by atoms with E-state index in [1.165, 1.54) is 23.4 Å². The molecule has 5 nitrogen and oxygen atoms in total. The van der Waals surface area contributed by atoms with Crippen LogP contribution in [0.1, 0.15) is 24.8 Å². The van der Waals surface area contributed by atoms with Crippen LogP contribution in [0.4, 0.5) is 4.39 Å². The van der Waals surface area contributed by atoms with Crippen LogP contribution in [0.15, 0.2) is 21.5 Å². The molecule has 0 amide bonds. The van der Waals surface area contributed by atoms with Crippen molar-refractivity contribution in [3.8, 4) is 0 Å². The minimum Gasteiger partial charge on any atom is -0.481 e. The van der Waals surface area contributed by atoms with E-state index in [-0.39, 0.29) is 15.4 Å². The molecule has 3 unspecified atom stereocenters. The summed E-state index contributed by atoms with van der Waals surface area (Å²) in [6.45, 7) is 1.54. The highest BCUT2D eigenvalue weighted by molar-refractivity contribution is 9.10. The third-order valence-corrected chi connectivity index (χ3v) is 7.29. The summed E-state index contributed by atoms with van der Waals surface area (Å²) < 4.78 is 40.8. The number of rotatable bonds is 3. The quantitative estimate of drug-likeness (QED) is 0.858. The minimum atomic E-state index is -3.84. The van der Waals surface area contributed by atoms with Crippen molar-refractivity contribution >= 4 is 31.9 Å². The third-order valence-electron chi connectivity index (χ3n) is 4.56. The zero-order valence-electron chi connectivity index (χ0n) is 11.8. The number of aryl methyl sites for hydroxylation is 1. The van der Waals surface area contributed by atoms with Crippen molar-refractivity contribution < 1.29 is 22.7 Å². The van der Waals surface area contributed by atoms with Crippen molar-refractivity contribution in [2.45, 2.75) is 43.2 Å². The largest absolute Gasteiger partial charge is 0.481 e. The maximum absolute atomic E-state index is 13.5. The van der Waals surface area contributed by atoms with E-state index in [0.29, 0.717) is 24.8 Å². The van der Waals surface area contributed by atoms with E-state index >= 15 is 0 Å². The fourth-order valence-electron chi connectivity index (χ4n) is 3.60. The molecule has 0 radical (unpaired) electrons. The van der Waals surface area contributed by atoms with Crippen LogP contribution in [0.2, 0.25) is 0 Å². The number of sulfonamides is 1. The Balaban J connectivity index is 2.05. The first kappa shape index (κ1) is 15.9. The van der Waals surface area contributed by atoms with Gasteiger partial charge in [-0.3, -0.25) is 4.79 Å². The first-order valence-electron chi connectivity index (χ1n) is 6.95. The van der Waals surface area contributed by atoms with E-state index in [0.717, 1.165) is 0 Å².